The molecule has 0 aliphatic heterocycles. The number of rotatable bonds is 1. The summed E-state index contributed by atoms with van der Waals surface area (Å²) in [5, 5.41) is 0. The first kappa shape index (κ1) is 8.52. The van der Waals surface area contributed by atoms with Crippen LogP contribution in [0.1, 0.15) is 27.2 Å². The molecule has 0 radical (unpaired) electrons. The van der Waals surface area contributed by atoms with Gasteiger partial charge in [0.15, 0.2) is 0 Å². The molecule has 0 bridgehead atoms. The summed E-state index contributed by atoms with van der Waals surface area (Å²) in [6.45, 7) is 6.39. The van der Waals surface area contributed by atoms with Gasteiger partial charge in [0.05, 0.1) is 6.04 Å². The third-order valence-corrected chi connectivity index (χ3v) is 1.05. The van der Waals surface area contributed by atoms with E-state index in [-0.39, 0.29) is 11.5 Å². The molecule has 1 unspecified atom stereocenters. The molecule has 0 heterocycles. The van der Waals surface area contributed by atoms with Crippen LogP contribution in [-0.2, 0) is 0 Å². The third-order valence-electron chi connectivity index (χ3n) is 1.05. The largest absolute Gasteiger partial charge is 0.318 e. The van der Waals surface area contributed by atoms with Gasteiger partial charge in [-0.2, -0.15) is 0 Å². The van der Waals surface area contributed by atoms with E-state index in [0.717, 1.165) is 6.42 Å². The van der Waals surface area contributed by atoms with E-state index in [1.54, 1.807) is 0 Å². The van der Waals surface area contributed by atoms with Crippen molar-refractivity contribution in [2.75, 3.05) is 0 Å². The van der Waals surface area contributed by atoms with Crippen molar-refractivity contribution >= 4 is 0 Å². The maximum absolute atomic E-state index is 5.52. The zero-order chi connectivity index (χ0) is 7.49. The zero-order valence-electron chi connectivity index (χ0n) is 6.44. The Hall–Kier alpha value is -0.480. The molecule has 1 heteroatoms. The number of hydrogen-bond acceptors (Lipinski definition) is 1. The molecular weight excluding hydrogens is 110 g/mol. The highest BCUT2D eigenvalue weighted by Gasteiger charge is 2.12. The Kier molecular flexibility index (Phi) is 2.73. The fourth-order valence-corrected chi connectivity index (χ4v) is 0.719. The summed E-state index contributed by atoms with van der Waals surface area (Å²) in [6.07, 6.45) is 6.00. The van der Waals surface area contributed by atoms with Crippen LogP contribution < -0.4 is 5.73 Å². The van der Waals surface area contributed by atoms with Gasteiger partial charge in [-0.1, -0.05) is 26.7 Å². The first-order valence-corrected chi connectivity index (χ1v) is 3.17. The van der Waals surface area contributed by atoms with Gasteiger partial charge in [-0.05, 0) is 11.8 Å². The van der Waals surface area contributed by atoms with Crippen LogP contribution in [0.2, 0.25) is 0 Å². The molecule has 0 spiro atoms. The van der Waals surface area contributed by atoms with Crippen LogP contribution in [-0.4, -0.2) is 6.04 Å². The van der Waals surface area contributed by atoms with E-state index < -0.39 is 0 Å². The first-order chi connectivity index (χ1) is 3.95. The topological polar surface area (TPSA) is 26.0 Å². The van der Waals surface area contributed by atoms with E-state index in [1.807, 2.05) is 0 Å². The average Bonchev–Trinajstić information content (AvgIpc) is 1.62. The third kappa shape index (κ3) is 5.39. The van der Waals surface area contributed by atoms with Crippen molar-refractivity contribution in [1.82, 2.24) is 0 Å². The van der Waals surface area contributed by atoms with Crippen LogP contribution in [0.25, 0.3) is 0 Å². The van der Waals surface area contributed by atoms with Gasteiger partial charge in [0, 0.05) is 0 Å². The highest BCUT2D eigenvalue weighted by molar-refractivity contribution is 4.98. The lowest BCUT2D eigenvalue weighted by atomic mass is 9.89. The predicted octanol–water partition coefficient (Wildman–Crippen LogP) is 1.38. The average molecular weight is 125 g/mol. The second-order valence-corrected chi connectivity index (χ2v) is 3.54. The molecule has 1 atom stereocenters. The summed E-state index contributed by atoms with van der Waals surface area (Å²) in [5.41, 5.74) is 5.78. The molecule has 2 N–H and O–H groups in total. The Morgan fingerprint density at radius 3 is 2.11 bits per heavy atom. The molecule has 1 nitrogen and oxygen atoms in total. The number of terminal acetylenes is 1. The van der Waals surface area contributed by atoms with Crippen LogP contribution in [0.15, 0.2) is 0 Å². The van der Waals surface area contributed by atoms with Crippen molar-refractivity contribution in [2.45, 2.75) is 33.2 Å². The minimum atomic E-state index is -0.0787. The van der Waals surface area contributed by atoms with E-state index in [4.69, 9.17) is 12.2 Å². The van der Waals surface area contributed by atoms with Gasteiger partial charge in [-0.3, -0.25) is 0 Å². The second-order valence-electron chi connectivity index (χ2n) is 3.54. The Morgan fingerprint density at radius 1 is 1.56 bits per heavy atom. The molecule has 0 rings (SSSR count). The molecule has 0 saturated carbocycles. The van der Waals surface area contributed by atoms with Gasteiger partial charge in [0.2, 0.25) is 0 Å². The Morgan fingerprint density at radius 2 is 2.00 bits per heavy atom. The van der Waals surface area contributed by atoms with Crippen molar-refractivity contribution in [1.29, 1.82) is 0 Å². The fourth-order valence-electron chi connectivity index (χ4n) is 0.719. The van der Waals surface area contributed by atoms with Gasteiger partial charge < -0.3 is 5.73 Å². The summed E-state index contributed by atoms with van der Waals surface area (Å²) < 4.78 is 0. The van der Waals surface area contributed by atoms with Crippen molar-refractivity contribution in [3.8, 4) is 12.3 Å². The quantitative estimate of drug-likeness (QED) is 0.526. The SMILES string of the molecule is C#CC(N)CC(C)(C)C. The summed E-state index contributed by atoms with van der Waals surface area (Å²) in [7, 11) is 0. The molecular formula is C8H15N. The molecule has 0 aromatic heterocycles. The minimum absolute atomic E-state index is 0.0787. The Bertz CT molecular complexity index is 114. The van der Waals surface area contributed by atoms with Gasteiger partial charge >= 0.3 is 0 Å². The molecule has 0 aliphatic carbocycles. The van der Waals surface area contributed by atoms with E-state index in [1.165, 1.54) is 0 Å². The number of hydrogen-bond donors (Lipinski definition) is 1. The van der Waals surface area contributed by atoms with Crippen molar-refractivity contribution < 1.29 is 0 Å². The molecule has 0 saturated heterocycles. The molecule has 0 aromatic carbocycles. The lowest BCUT2D eigenvalue weighted by Crippen LogP contribution is -2.24. The lowest BCUT2D eigenvalue weighted by molar-refractivity contribution is 0.364. The lowest BCUT2D eigenvalue weighted by Gasteiger charge is -2.19. The van der Waals surface area contributed by atoms with Crippen molar-refractivity contribution in [3.63, 3.8) is 0 Å². The van der Waals surface area contributed by atoms with Crippen LogP contribution >= 0.6 is 0 Å². The van der Waals surface area contributed by atoms with Crippen LogP contribution in [0, 0.1) is 17.8 Å². The normalized spacial score (nSPS) is 14.6. The maximum Gasteiger partial charge on any atom is 0.0666 e. The summed E-state index contributed by atoms with van der Waals surface area (Å²) in [5.74, 6) is 2.50. The van der Waals surface area contributed by atoms with Gasteiger partial charge in [-0.15, -0.1) is 6.42 Å². The van der Waals surface area contributed by atoms with E-state index in [9.17, 15) is 0 Å². The van der Waals surface area contributed by atoms with Crippen molar-refractivity contribution in [3.05, 3.63) is 0 Å². The second kappa shape index (κ2) is 2.89. The Balaban J connectivity index is 3.63. The van der Waals surface area contributed by atoms with Gasteiger partial charge in [0.25, 0.3) is 0 Å². The molecule has 0 aromatic rings. The first-order valence-electron chi connectivity index (χ1n) is 3.17. The molecule has 0 aliphatic rings. The van der Waals surface area contributed by atoms with Crippen molar-refractivity contribution in [2.24, 2.45) is 11.1 Å². The van der Waals surface area contributed by atoms with Gasteiger partial charge in [0.1, 0.15) is 0 Å². The summed E-state index contributed by atoms with van der Waals surface area (Å²) in [4.78, 5) is 0. The van der Waals surface area contributed by atoms with Crippen LogP contribution in [0.3, 0.4) is 0 Å². The Labute approximate surface area is 57.6 Å². The number of nitrogens with two attached hydrogens (primary N) is 1. The zero-order valence-corrected chi connectivity index (χ0v) is 6.44. The summed E-state index contributed by atoms with van der Waals surface area (Å²) in [6, 6.07) is -0.0787. The maximum atomic E-state index is 5.52. The van der Waals surface area contributed by atoms with E-state index >= 15 is 0 Å². The smallest absolute Gasteiger partial charge is 0.0666 e. The molecule has 0 amide bonds. The van der Waals surface area contributed by atoms with Gasteiger partial charge in [-0.25, -0.2) is 0 Å². The fraction of sp³-hybridized carbons (Fsp3) is 0.750. The highest BCUT2D eigenvalue weighted by Crippen LogP contribution is 2.19. The van der Waals surface area contributed by atoms with Crippen LogP contribution in [0.5, 0.6) is 0 Å². The molecule has 52 valence electrons. The molecule has 0 fully saturated rings. The van der Waals surface area contributed by atoms with E-state index in [2.05, 4.69) is 26.7 Å². The monoisotopic (exact) mass is 125 g/mol. The van der Waals surface area contributed by atoms with E-state index in [0.29, 0.717) is 0 Å². The molecule has 9 heavy (non-hydrogen) atoms. The standard InChI is InChI=1S/C8H15N/c1-5-7(9)6-8(2,3)4/h1,7H,6,9H2,2-4H3. The predicted molar refractivity (Wildman–Crippen MR) is 40.9 cm³/mol. The highest BCUT2D eigenvalue weighted by atomic mass is 14.6. The minimum Gasteiger partial charge on any atom is -0.318 e. The van der Waals surface area contributed by atoms with Crippen LogP contribution in [0.4, 0.5) is 0 Å². The summed E-state index contributed by atoms with van der Waals surface area (Å²) >= 11 is 0.